The van der Waals surface area contributed by atoms with E-state index in [0.29, 0.717) is 5.92 Å². The third-order valence-electron chi connectivity index (χ3n) is 4.02. The summed E-state index contributed by atoms with van der Waals surface area (Å²) in [5.41, 5.74) is 6.87. The highest BCUT2D eigenvalue weighted by Crippen LogP contribution is 2.27. The summed E-state index contributed by atoms with van der Waals surface area (Å²) in [6, 6.07) is 4.94. The molecule has 1 fully saturated rings. The van der Waals surface area contributed by atoms with E-state index in [0.717, 1.165) is 25.3 Å². The Labute approximate surface area is 119 Å². The van der Waals surface area contributed by atoms with Gasteiger partial charge in [-0.25, -0.2) is 0 Å². The van der Waals surface area contributed by atoms with Crippen molar-refractivity contribution in [2.75, 3.05) is 44.4 Å². The zero-order valence-corrected chi connectivity index (χ0v) is 12.1. The quantitative estimate of drug-likeness (QED) is 0.517. The summed E-state index contributed by atoms with van der Waals surface area (Å²) in [6.07, 6.45) is 2.40. The van der Waals surface area contributed by atoms with Gasteiger partial charge < -0.3 is 15.5 Å². The van der Waals surface area contributed by atoms with Crippen LogP contribution < -0.4 is 10.6 Å². The normalized spacial score (nSPS) is 17.1. The first-order chi connectivity index (χ1) is 9.47. The van der Waals surface area contributed by atoms with Crippen LogP contribution in [0, 0.1) is 16.0 Å². The number of likely N-dealkylation sites (tertiary alicyclic amines) is 1. The van der Waals surface area contributed by atoms with Gasteiger partial charge in [-0.1, -0.05) is 0 Å². The van der Waals surface area contributed by atoms with Crippen molar-refractivity contribution in [3.8, 4) is 0 Å². The van der Waals surface area contributed by atoms with Crippen molar-refractivity contribution in [3.05, 3.63) is 28.3 Å². The zero-order chi connectivity index (χ0) is 14.7. The van der Waals surface area contributed by atoms with E-state index in [1.165, 1.54) is 18.9 Å². The van der Waals surface area contributed by atoms with Gasteiger partial charge in [0.15, 0.2) is 0 Å². The van der Waals surface area contributed by atoms with Crippen LogP contribution in [-0.4, -0.2) is 43.6 Å². The minimum Gasteiger partial charge on any atom is -0.393 e. The summed E-state index contributed by atoms with van der Waals surface area (Å²) >= 11 is 0. The van der Waals surface area contributed by atoms with Gasteiger partial charge >= 0.3 is 0 Å². The molecule has 110 valence electrons. The molecule has 0 amide bonds. The molecule has 0 spiro atoms. The molecule has 0 bridgehead atoms. The van der Waals surface area contributed by atoms with Crippen LogP contribution in [0.3, 0.4) is 0 Å². The predicted octanol–water partition coefficient (Wildman–Crippen LogP) is 1.95. The number of nitrogen functional groups attached to an aromatic ring is 1. The maximum Gasteiger partial charge on any atom is 0.292 e. The molecule has 6 nitrogen and oxygen atoms in total. The van der Waals surface area contributed by atoms with Crippen LogP contribution in [0.5, 0.6) is 0 Å². The zero-order valence-electron chi connectivity index (χ0n) is 12.1. The lowest BCUT2D eigenvalue weighted by Crippen LogP contribution is -2.35. The summed E-state index contributed by atoms with van der Waals surface area (Å²) in [5.74, 6) is 0.674. The molecule has 1 aromatic carbocycles. The highest BCUT2D eigenvalue weighted by atomic mass is 16.6. The second kappa shape index (κ2) is 6.09. The first kappa shape index (κ1) is 14.6. The standard InChI is InChI=1S/C14H22N4O2/c1-16-7-5-11(6-8-16)10-17(2)12-3-4-14(18(19)20)13(15)9-12/h3-4,9,11H,5-8,10,15H2,1-2H3. The van der Waals surface area contributed by atoms with Gasteiger partial charge in [-0.05, 0) is 51.0 Å². The number of anilines is 2. The van der Waals surface area contributed by atoms with E-state index >= 15 is 0 Å². The Hall–Kier alpha value is -1.82. The molecule has 6 heteroatoms. The van der Waals surface area contributed by atoms with Gasteiger partial charge in [0.1, 0.15) is 5.69 Å². The summed E-state index contributed by atoms with van der Waals surface area (Å²) in [5, 5.41) is 10.8. The largest absolute Gasteiger partial charge is 0.393 e. The Morgan fingerprint density at radius 1 is 1.45 bits per heavy atom. The lowest BCUT2D eigenvalue weighted by atomic mass is 9.96. The molecular weight excluding hydrogens is 256 g/mol. The average molecular weight is 278 g/mol. The van der Waals surface area contributed by atoms with Crippen molar-refractivity contribution in [2.45, 2.75) is 12.8 Å². The Bertz CT molecular complexity index is 484. The molecule has 1 saturated heterocycles. The number of hydrogen-bond acceptors (Lipinski definition) is 5. The molecule has 1 aromatic rings. The van der Waals surface area contributed by atoms with Crippen molar-refractivity contribution in [3.63, 3.8) is 0 Å². The fourth-order valence-corrected chi connectivity index (χ4v) is 2.68. The van der Waals surface area contributed by atoms with Gasteiger partial charge in [-0.2, -0.15) is 0 Å². The van der Waals surface area contributed by atoms with Crippen molar-refractivity contribution in [2.24, 2.45) is 5.92 Å². The smallest absolute Gasteiger partial charge is 0.292 e. The van der Waals surface area contributed by atoms with Gasteiger partial charge in [0, 0.05) is 25.3 Å². The molecule has 2 rings (SSSR count). The topological polar surface area (TPSA) is 75.6 Å². The van der Waals surface area contributed by atoms with Crippen molar-refractivity contribution < 1.29 is 4.92 Å². The van der Waals surface area contributed by atoms with Crippen LogP contribution in [0.15, 0.2) is 18.2 Å². The molecule has 0 aliphatic carbocycles. The molecule has 1 aliphatic heterocycles. The first-order valence-corrected chi connectivity index (χ1v) is 6.91. The Morgan fingerprint density at radius 3 is 2.65 bits per heavy atom. The average Bonchev–Trinajstić information content (AvgIpc) is 2.40. The fraction of sp³-hybridized carbons (Fsp3) is 0.571. The highest BCUT2D eigenvalue weighted by molar-refractivity contribution is 5.66. The second-order valence-electron chi connectivity index (χ2n) is 5.63. The van der Waals surface area contributed by atoms with Gasteiger partial charge in [0.05, 0.1) is 4.92 Å². The summed E-state index contributed by atoms with van der Waals surface area (Å²) < 4.78 is 0. The maximum atomic E-state index is 10.8. The molecule has 0 atom stereocenters. The monoisotopic (exact) mass is 278 g/mol. The van der Waals surface area contributed by atoms with Crippen molar-refractivity contribution >= 4 is 17.1 Å². The van der Waals surface area contributed by atoms with E-state index in [-0.39, 0.29) is 11.4 Å². The van der Waals surface area contributed by atoms with E-state index in [1.54, 1.807) is 12.1 Å². The van der Waals surface area contributed by atoms with Crippen LogP contribution >= 0.6 is 0 Å². The number of hydrogen-bond donors (Lipinski definition) is 1. The molecule has 2 N–H and O–H groups in total. The van der Waals surface area contributed by atoms with Crippen molar-refractivity contribution in [1.29, 1.82) is 0 Å². The van der Waals surface area contributed by atoms with E-state index in [9.17, 15) is 10.1 Å². The molecule has 0 saturated carbocycles. The van der Waals surface area contributed by atoms with E-state index < -0.39 is 4.92 Å². The minimum absolute atomic E-state index is 0.0264. The number of rotatable bonds is 4. The van der Waals surface area contributed by atoms with Crippen LogP contribution in [-0.2, 0) is 0 Å². The lowest BCUT2D eigenvalue weighted by molar-refractivity contribution is -0.383. The third-order valence-corrected chi connectivity index (χ3v) is 4.02. The second-order valence-corrected chi connectivity index (χ2v) is 5.63. The van der Waals surface area contributed by atoms with Crippen LogP contribution in [0.1, 0.15) is 12.8 Å². The molecule has 0 unspecified atom stereocenters. The third kappa shape index (κ3) is 3.39. The van der Waals surface area contributed by atoms with Gasteiger partial charge in [0.2, 0.25) is 0 Å². The molecule has 0 aromatic heterocycles. The number of nitro groups is 1. The Morgan fingerprint density at radius 2 is 2.10 bits per heavy atom. The fourth-order valence-electron chi connectivity index (χ4n) is 2.68. The van der Waals surface area contributed by atoms with Crippen LogP contribution in [0.2, 0.25) is 0 Å². The number of nitrogens with two attached hydrogens (primary N) is 1. The van der Waals surface area contributed by atoms with E-state index in [4.69, 9.17) is 5.73 Å². The molecular formula is C14H22N4O2. The maximum absolute atomic E-state index is 10.8. The van der Waals surface area contributed by atoms with Crippen LogP contribution in [0.4, 0.5) is 17.1 Å². The molecule has 0 radical (unpaired) electrons. The predicted molar refractivity (Wildman–Crippen MR) is 81.0 cm³/mol. The van der Waals surface area contributed by atoms with Gasteiger partial charge in [-0.3, -0.25) is 10.1 Å². The summed E-state index contributed by atoms with van der Waals surface area (Å²) in [6.45, 7) is 3.24. The molecule has 1 heterocycles. The highest BCUT2D eigenvalue weighted by Gasteiger charge is 2.19. The van der Waals surface area contributed by atoms with E-state index in [1.807, 2.05) is 7.05 Å². The molecule has 1 aliphatic rings. The van der Waals surface area contributed by atoms with Crippen LogP contribution in [0.25, 0.3) is 0 Å². The minimum atomic E-state index is -0.448. The summed E-state index contributed by atoms with van der Waals surface area (Å²) in [7, 11) is 4.16. The van der Waals surface area contributed by atoms with Crippen molar-refractivity contribution in [1.82, 2.24) is 4.90 Å². The molecule has 20 heavy (non-hydrogen) atoms. The SMILES string of the molecule is CN1CCC(CN(C)c2ccc([N+](=O)[O-])c(N)c2)CC1. The first-order valence-electron chi connectivity index (χ1n) is 6.91. The van der Waals surface area contributed by atoms with Gasteiger partial charge in [0.25, 0.3) is 5.69 Å². The number of benzene rings is 1. The Kier molecular flexibility index (Phi) is 4.44. The summed E-state index contributed by atoms with van der Waals surface area (Å²) in [4.78, 5) is 14.8. The van der Waals surface area contributed by atoms with E-state index in [2.05, 4.69) is 16.8 Å². The van der Waals surface area contributed by atoms with Gasteiger partial charge in [-0.15, -0.1) is 0 Å². The number of nitrogens with zero attached hydrogens (tertiary/aromatic N) is 3. The number of nitro benzene ring substituents is 1. The lowest BCUT2D eigenvalue weighted by Gasteiger charge is -2.32. The Balaban J connectivity index is 2.00. The number of piperidine rings is 1.